The molecule has 1 heterocycles. The van der Waals surface area contributed by atoms with Crippen LogP contribution in [0.4, 0.5) is 0 Å². The van der Waals surface area contributed by atoms with Crippen LogP contribution >= 0.6 is 0 Å². The molecule has 23 heavy (non-hydrogen) atoms. The molecule has 0 radical (unpaired) electrons. The van der Waals surface area contributed by atoms with E-state index in [0.29, 0.717) is 5.56 Å². The van der Waals surface area contributed by atoms with Gasteiger partial charge in [-0.25, -0.2) is 0 Å². The monoisotopic (exact) mass is 301 g/mol. The molecule has 114 valence electrons. The van der Waals surface area contributed by atoms with Crippen LogP contribution in [-0.2, 0) is 0 Å². The van der Waals surface area contributed by atoms with E-state index in [4.69, 9.17) is 0 Å². The highest BCUT2D eigenvalue weighted by Gasteiger charge is 2.18. The van der Waals surface area contributed by atoms with Crippen LogP contribution in [0, 0.1) is 20.8 Å². The van der Waals surface area contributed by atoms with Gasteiger partial charge >= 0.3 is 0 Å². The van der Waals surface area contributed by atoms with Gasteiger partial charge in [-0.3, -0.25) is 9.78 Å². The second-order valence-electron chi connectivity index (χ2n) is 5.89. The molecule has 0 unspecified atom stereocenters. The van der Waals surface area contributed by atoms with Crippen molar-refractivity contribution in [3.63, 3.8) is 0 Å². The molecule has 0 atom stereocenters. The van der Waals surface area contributed by atoms with E-state index in [1.54, 1.807) is 12.4 Å². The summed E-state index contributed by atoms with van der Waals surface area (Å²) in [5, 5.41) is 0. The molecule has 0 N–H and O–H groups in total. The summed E-state index contributed by atoms with van der Waals surface area (Å²) >= 11 is 0. The molecular formula is C21H19NO. The summed E-state index contributed by atoms with van der Waals surface area (Å²) < 4.78 is 0. The summed E-state index contributed by atoms with van der Waals surface area (Å²) in [6.45, 7) is 6.03. The van der Waals surface area contributed by atoms with Crippen LogP contribution in [-0.4, -0.2) is 10.8 Å². The number of aromatic nitrogens is 1. The Labute approximate surface area is 136 Å². The second-order valence-corrected chi connectivity index (χ2v) is 5.89. The van der Waals surface area contributed by atoms with Crippen LogP contribution in [0.25, 0.3) is 11.1 Å². The van der Waals surface area contributed by atoms with Crippen molar-refractivity contribution < 1.29 is 4.79 Å². The fraction of sp³-hybridized carbons (Fsp3) is 0.143. The van der Waals surface area contributed by atoms with Gasteiger partial charge < -0.3 is 0 Å². The number of hydrogen-bond acceptors (Lipinski definition) is 2. The third kappa shape index (κ3) is 2.93. The van der Waals surface area contributed by atoms with Crippen molar-refractivity contribution in [2.24, 2.45) is 0 Å². The van der Waals surface area contributed by atoms with Crippen molar-refractivity contribution in [1.82, 2.24) is 4.98 Å². The number of hydrogen-bond donors (Lipinski definition) is 0. The predicted molar refractivity (Wildman–Crippen MR) is 93.8 cm³/mol. The zero-order chi connectivity index (χ0) is 16.4. The third-order valence-electron chi connectivity index (χ3n) is 4.05. The van der Waals surface area contributed by atoms with E-state index in [-0.39, 0.29) is 5.78 Å². The van der Waals surface area contributed by atoms with Gasteiger partial charge in [-0.05, 0) is 49.1 Å². The van der Waals surface area contributed by atoms with E-state index in [1.165, 1.54) is 5.56 Å². The Morgan fingerprint density at radius 2 is 1.57 bits per heavy atom. The Balaban J connectivity index is 2.16. The molecule has 2 nitrogen and oxygen atoms in total. The van der Waals surface area contributed by atoms with E-state index in [0.717, 1.165) is 27.8 Å². The lowest BCUT2D eigenvalue weighted by Gasteiger charge is -2.13. The Morgan fingerprint density at radius 3 is 2.22 bits per heavy atom. The lowest BCUT2D eigenvalue weighted by Crippen LogP contribution is -2.09. The standard InChI is InChI=1S/C21H19NO/c1-14-11-15(2)20(16(3)12-14)21(23)19-13-22-10-9-18(19)17-7-5-4-6-8-17/h4-13H,1-3H3. The SMILES string of the molecule is Cc1cc(C)c(C(=O)c2cnccc2-c2ccccc2)c(C)c1. The molecule has 0 aliphatic heterocycles. The first-order chi connectivity index (χ1) is 11.1. The van der Waals surface area contributed by atoms with Gasteiger partial charge in [0.15, 0.2) is 5.78 Å². The third-order valence-corrected chi connectivity index (χ3v) is 4.05. The molecule has 0 fully saturated rings. The number of nitrogens with zero attached hydrogens (tertiary/aromatic N) is 1. The van der Waals surface area contributed by atoms with Crippen LogP contribution in [0.1, 0.15) is 32.6 Å². The Bertz CT molecular complexity index is 843. The first-order valence-corrected chi connectivity index (χ1v) is 7.70. The molecule has 0 spiro atoms. The first kappa shape index (κ1) is 15.2. The average molecular weight is 301 g/mol. The summed E-state index contributed by atoms with van der Waals surface area (Å²) in [5.74, 6) is 0.0342. The lowest BCUT2D eigenvalue weighted by molar-refractivity contribution is 0.103. The smallest absolute Gasteiger partial charge is 0.195 e. The van der Waals surface area contributed by atoms with Gasteiger partial charge in [0.1, 0.15) is 0 Å². The minimum Gasteiger partial charge on any atom is -0.289 e. The van der Waals surface area contributed by atoms with Gasteiger partial charge in [0.2, 0.25) is 0 Å². The van der Waals surface area contributed by atoms with Gasteiger partial charge in [0, 0.05) is 23.5 Å². The molecule has 2 heteroatoms. The molecule has 0 saturated carbocycles. The summed E-state index contributed by atoms with van der Waals surface area (Å²) in [5.41, 5.74) is 6.57. The highest BCUT2D eigenvalue weighted by atomic mass is 16.1. The van der Waals surface area contributed by atoms with Crippen molar-refractivity contribution in [3.8, 4) is 11.1 Å². The number of rotatable bonds is 3. The normalized spacial score (nSPS) is 10.6. The lowest BCUT2D eigenvalue weighted by atomic mass is 9.90. The van der Waals surface area contributed by atoms with Crippen LogP contribution in [0.15, 0.2) is 60.9 Å². The van der Waals surface area contributed by atoms with Crippen molar-refractivity contribution in [3.05, 3.63) is 88.7 Å². The summed E-state index contributed by atoms with van der Waals surface area (Å²) in [4.78, 5) is 17.3. The summed E-state index contributed by atoms with van der Waals surface area (Å²) in [6, 6.07) is 16.0. The Kier molecular flexibility index (Phi) is 4.07. The van der Waals surface area contributed by atoms with Crippen molar-refractivity contribution in [2.75, 3.05) is 0 Å². The van der Waals surface area contributed by atoms with Gasteiger partial charge in [-0.2, -0.15) is 0 Å². The first-order valence-electron chi connectivity index (χ1n) is 7.70. The number of carbonyl (C=O) groups excluding carboxylic acids is 1. The Hall–Kier alpha value is -2.74. The number of ketones is 1. The highest BCUT2D eigenvalue weighted by molar-refractivity contribution is 6.14. The van der Waals surface area contributed by atoms with E-state index < -0.39 is 0 Å². The number of pyridine rings is 1. The molecule has 0 amide bonds. The number of benzene rings is 2. The minimum atomic E-state index is 0.0342. The maximum absolute atomic E-state index is 13.2. The second kappa shape index (κ2) is 6.17. The topological polar surface area (TPSA) is 30.0 Å². The molecule has 3 aromatic rings. The Morgan fingerprint density at radius 1 is 0.913 bits per heavy atom. The molecule has 3 rings (SSSR count). The predicted octanol–water partition coefficient (Wildman–Crippen LogP) is 4.90. The van der Waals surface area contributed by atoms with Gasteiger partial charge in [-0.15, -0.1) is 0 Å². The molecule has 2 aromatic carbocycles. The van der Waals surface area contributed by atoms with Crippen LogP contribution in [0.5, 0.6) is 0 Å². The van der Waals surface area contributed by atoms with Crippen molar-refractivity contribution >= 4 is 5.78 Å². The minimum absolute atomic E-state index is 0.0342. The van der Waals surface area contributed by atoms with E-state index in [9.17, 15) is 4.79 Å². The van der Waals surface area contributed by atoms with Crippen LogP contribution in [0.3, 0.4) is 0 Å². The van der Waals surface area contributed by atoms with E-state index in [1.807, 2.05) is 57.2 Å². The largest absolute Gasteiger partial charge is 0.289 e. The fourth-order valence-corrected chi connectivity index (χ4v) is 3.12. The van der Waals surface area contributed by atoms with Gasteiger partial charge in [-0.1, -0.05) is 48.0 Å². The molecule has 0 saturated heterocycles. The zero-order valence-electron chi connectivity index (χ0n) is 13.6. The molecule has 1 aromatic heterocycles. The molecule has 0 bridgehead atoms. The number of aryl methyl sites for hydroxylation is 3. The number of carbonyl (C=O) groups is 1. The maximum atomic E-state index is 13.2. The molecule has 0 aliphatic rings. The van der Waals surface area contributed by atoms with Crippen molar-refractivity contribution in [1.29, 1.82) is 0 Å². The van der Waals surface area contributed by atoms with Gasteiger partial charge in [0.05, 0.1) is 0 Å². The fourth-order valence-electron chi connectivity index (χ4n) is 3.12. The quantitative estimate of drug-likeness (QED) is 0.644. The summed E-state index contributed by atoms with van der Waals surface area (Å²) in [6.07, 6.45) is 3.40. The molecular weight excluding hydrogens is 282 g/mol. The van der Waals surface area contributed by atoms with E-state index >= 15 is 0 Å². The van der Waals surface area contributed by atoms with E-state index in [2.05, 4.69) is 17.1 Å². The zero-order valence-corrected chi connectivity index (χ0v) is 13.6. The van der Waals surface area contributed by atoms with Crippen molar-refractivity contribution in [2.45, 2.75) is 20.8 Å². The van der Waals surface area contributed by atoms with Crippen LogP contribution in [0.2, 0.25) is 0 Å². The highest BCUT2D eigenvalue weighted by Crippen LogP contribution is 2.27. The average Bonchev–Trinajstić information content (AvgIpc) is 2.54. The summed E-state index contributed by atoms with van der Waals surface area (Å²) in [7, 11) is 0. The van der Waals surface area contributed by atoms with Gasteiger partial charge in [0.25, 0.3) is 0 Å². The maximum Gasteiger partial charge on any atom is 0.195 e. The molecule has 0 aliphatic carbocycles. The van der Waals surface area contributed by atoms with Crippen LogP contribution < -0.4 is 0 Å².